The molecule has 1 N–H and O–H groups in total. The number of ether oxygens (including phenoxy) is 1. The van der Waals surface area contributed by atoms with Gasteiger partial charge in [-0.2, -0.15) is 0 Å². The minimum atomic E-state index is -0.873. The third kappa shape index (κ3) is 2.66. The van der Waals surface area contributed by atoms with Crippen molar-refractivity contribution in [1.82, 2.24) is 4.57 Å². The summed E-state index contributed by atoms with van der Waals surface area (Å²) in [6.45, 7) is 3.81. The summed E-state index contributed by atoms with van der Waals surface area (Å²) in [5, 5.41) is 10.2. The molecule has 1 atom stereocenters. The lowest BCUT2D eigenvalue weighted by Crippen LogP contribution is -2.34. The smallest absolute Gasteiger partial charge is 0.325 e. The molecule has 1 unspecified atom stereocenters. The predicted octanol–water partition coefficient (Wildman–Crippen LogP) is 2.92. The highest BCUT2D eigenvalue weighted by atomic mass is 19.1. The van der Waals surface area contributed by atoms with Crippen LogP contribution in [0.3, 0.4) is 0 Å². The first-order chi connectivity index (χ1) is 11.4. The van der Waals surface area contributed by atoms with Crippen LogP contribution in [0.25, 0.3) is 10.9 Å². The van der Waals surface area contributed by atoms with Crippen LogP contribution in [0, 0.1) is 11.2 Å². The Balaban J connectivity index is 2.14. The Labute approximate surface area is 139 Å². The lowest BCUT2D eigenvalue weighted by atomic mass is 9.74. The zero-order valence-electron chi connectivity index (χ0n) is 13.8. The normalized spacial score (nSPS) is 20.0. The third-order valence-electron chi connectivity index (χ3n) is 4.84. The number of nitrogens with zero attached hydrogens (tertiary/aromatic N) is 1. The van der Waals surface area contributed by atoms with Gasteiger partial charge in [-0.1, -0.05) is 0 Å². The Hall–Kier alpha value is -2.37. The van der Waals surface area contributed by atoms with Crippen LogP contribution in [0.2, 0.25) is 0 Å². The standard InChI is InChI=1S/C18H20FNO4/c1-3-24-16(21)10-20-14-5-4-11(19)8-12(14)13-9-18(2,17(22)23)7-6-15(13)20/h4-5,8H,3,6-7,9-10H2,1-2H3,(H,22,23). The van der Waals surface area contributed by atoms with Gasteiger partial charge < -0.3 is 14.4 Å². The van der Waals surface area contributed by atoms with Crippen LogP contribution in [-0.2, 0) is 33.7 Å². The molecular weight excluding hydrogens is 313 g/mol. The maximum absolute atomic E-state index is 13.7. The van der Waals surface area contributed by atoms with E-state index in [2.05, 4.69) is 0 Å². The van der Waals surface area contributed by atoms with Crippen LogP contribution in [-0.4, -0.2) is 28.2 Å². The fourth-order valence-corrected chi connectivity index (χ4v) is 3.50. The quantitative estimate of drug-likeness (QED) is 0.874. The number of carbonyl (C=O) groups excluding carboxylic acids is 1. The minimum Gasteiger partial charge on any atom is -0.481 e. The van der Waals surface area contributed by atoms with E-state index in [1.807, 2.05) is 4.57 Å². The van der Waals surface area contributed by atoms with Gasteiger partial charge in [-0.15, -0.1) is 0 Å². The Morgan fingerprint density at radius 3 is 2.83 bits per heavy atom. The molecule has 2 aromatic rings. The van der Waals surface area contributed by atoms with Crippen molar-refractivity contribution in [3.05, 3.63) is 35.3 Å². The van der Waals surface area contributed by atoms with Crippen LogP contribution >= 0.6 is 0 Å². The average Bonchev–Trinajstić information content (AvgIpc) is 2.80. The molecule has 6 heteroatoms. The molecule has 1 aliphatic carbocycles. The number of fused-ring (bicyclic) bond motifs is 3. The maximum Gasteiger partial charge on any atom is 0.325 e. The summed E-state index contributed by atoms with van der Waals surface area (Å²) in [7, 11) is 0. The first-order valence-corrected chi connectivity index (χ1v) is 8.04. The van der Waals surface area contributed by atoms with Gasteiger partial charge in [0, 0.05) is 16.6 Å². The van der Waals surface area contributed by atoms with E-state index in [0.29, 0.717) is 31.3 Å². The summed E-state index contributed by atoms with van der Waals surface area (Å²) in [6, 6.07) is 4.41. The van der Waals surface area contributed by atoms with E-state index in [-0.39, 0.29) is 18.3 Å². The van der Waals surface area contributed by atoms with Crippen molar-refractivity contribution in [3.63, 3.8) is 0 Å². The SMILES string of the molecule is CCOC(=O)Cn1c2c(c3cc(F)ccc31)CC(C)(C(=O)O)CC2. The third-order valence-corrected chi connectivity index (χ3v) is 4.84. The number of carboxylic acid groups (broad SMARTS) is 1. The van der Waals surface area contributed by atoms with E-state index in [1.54, 1.807) is 19.9 Å². The van der Waals surface area contributed by atoms with Crippen molar-refractivity contribution in [1.29, 1.82) is 0 Å². The fourth-order valence-electron chi connectivity index (χ4n) is 3.50. The Morgan fingerprint density at radius 2 is 2.17 bits per heavy atom. The van der Waals surface area contributed by atoms with E-state index in [9.17, 15) is 19.1 Å². The van der Waals surface area contributed by atoms with Crippen LogP contribution in [0.15, 0.2) is 18.2 Å². The van der Waals surface area contributed by atoms with E-state index in [4.69, 9.17) is 4.74 Å². The summed E-state index contributed by atoms with van der Waals surface area (Å²) < 4.78 is 20.6. The Bertz CT molecular complexity index is 826. The van der Waals surface area contributed by atoms with Crippen LogP contribution in [0.4, 0.5) is 4.39 Å². The number of aromatic nitrogens is 1. The second-order valence-electron chi connectivity index (χ2n) is 6.52. The van der Waals surface area contributed by atoms with Crippen molar-refractivity contribution < 1.29 is 23.8 Å². The zero-order valence-corrected chi connectivity index (χ0v) is 13.8. The second kappa shape index (κ2) is 5.92. The van der Waals surface area contributed by atoms with Gasteiger partial charge >= 0.3 is 11.9 Å². The fraction of sp³-hybridized carbons (Fsp3) is 0.444. The minimum absolute atomic E-state index is 0.0507. The largest absolute Gasteiger partial charge is 0.481 e. The van der Waals surface area contributed by atoms with Gasteiger partial charge in [0.1, 0.15) is 12.4 Å². The van der Waals surface area contributed by atoms with E-state index in [0.717, 1.165) is 16.8 Å². The number of benzene rings is 1. The molecular formula is C18H20FNO4. The molecule has 0 amide bonds. The second-order valence-corrected chi connectivity index (χ2v) is 6.52. The number of esters is 1. The summed E-state index contributed by atoms with van der Waals surface area (Å²) >= 11 is 0. The summed E-state index contributed by atoms with van der Waals surface area (Å²) in [5.41, 5.74) is 1.60. The number of halogens is 1. The van der Waals surface area contributed by atoms with Crippen molar-refractivity contribution in [2.24, 2.45) is 5.41 Å². The molecule has 0 fully saturated rings. The summed E-state index contributed by atoms with van der Waals surface area (Å²) in [5.74, 6) is -1.58. The molecule has 1 aromatic carbocycles. The zero-order chi connectivity index (χ0) is 17.5. The molecule has 0 radical (unpaired) electrons. The molecule has 3 rings (SSSR count). The van der Waals surface area contributed by atoms with Crippen LogP contribution in [0.1, 0.15) is 31.5 Å². The molecule has 1 heterocycles. The maximum atomic E-state index is 13.7. The van der Waals surface area contributed by atoms with E-state index in [1.165, 1.54) is 12.1 Å². The number of hydrogen-bond donors (Lipinski definition) is 1. The van der Waals surface area contributed by atoms with Gasteiger partial charge in [-0.05, 0) is 56.9 Å². The van der Waals surface area contributed by atoms with Crippen molar-refractivity contribution in [2.75, 3.05) is 6.61 Å². The van der Waals surface area contributed by atoms with Crippen molar-refractivity contribution in [3.8, 4) is 0 Å². The highest BCUT2D eigenvalue weighted by Crippen LogP contribution is 2.40. The molecule has 1 aromatic heterocycles. The van der Waals surface area contributed by atoms with Crippen LogP contribution in [0.5, 0.6) is 0 Å². The molecule has 0 saturated heterocycles. The lowest BCUT2D eigenvalue weighted by Gasteiger charge is -2.30. The lowest BCUT2D eigenvalue weighted by molar-refractivity contribution is -0.148. The first kappa shape index (κ1) is 16.5. The van der Waals surface area contributed by atoms with Gasteiger partial charge in [0.25, 0.3) is 0 Å². The van der Waals surface area contributed by atoms with E-state index >= 15 is 0 Å². The average molecular weight is 333 g/mol. The number of aliphatic carboxylic acids is 1. The predicted molar refractivity (Wildman–Crippen MR) is 86.3 cm³/mol. The monoisotopic (exact) mass is 333 g/mol. The van der Waals surface area contributed by atoms with Gasteiger partial charge in [0.05, 0.1) is 12.0 Å². The van der Waals surface area contributed by atoms with Gasteiger partial charge in [-0.25, -0.2) is 4.39 Å². The molecule has 128 valence electrons. The topological polar surface area (TPSA) is 68.5 Å². The highest BCUT2D eigenvalue weighted by molar-refractivity contribution is 5.88. The molecule has 5 nitrogen and oxygen atoms in total. The number of hydrogen-bond acceptors (Lipinski definition) is 3. The number of carbonyl (C=O) groups is 2. The van der Waals surface area contributed by atoms with E-state index < -0.39 is 11.4 Å². The van der Waals surface area contributed by atoms with Gasteiger partial charge in [0.15, 0.2) is 0 Å². The molecule has 0 bridgehead atoms. The first-order valence-electron chi connectivity index (χ1n) is 8.04. The highest BCUT2D eigenvalue weighted by Gasteiger charge is 2.39. The molecule has 24 heavy (non-hydrogen) atoms. The van der Waals surface area contributed by atoms with Crippen molar-refractivity contribution in [2.45, 2.75) is 39.7 Å². The molecule has 0 spiro atoms. The molecule has 1 aliphatic rings. The summed E-state index contributed by atoms with van der Waals surface area (Å²) in [6.07, 6.45) is 1.35. The van der Waals surface area contributed by atoms with Crippen LogP contribution < -0.4 is 0 Å². The van der Waals surface area contributed by atoms with Gasteiger partial charge in [-0.3, -0.25) is 9.59 Å². The molecule has 0 aliphatic heterocycles. The van der Waals surface area contributed by atoms with Crippen molar-refractivity contribution >= 4 is 22.8 Å². The Morgan fingerprint density at radius 1 is 1.42 bits per heavy atom. The number of rotatable bonds is 4. The molecule has 0 saturated carbocycles. The van der Waals surface area contributed by atoms with Gasteiger partial charge in [0.2, 0.25) is 0 Å². The Kier molecular flexibility index (Phi) is 4.07. The summed E-state index contributed by atoms with van der Waals surface area (Å²) in [4.78, 5) is 23.5. The number of carboxylic acids is 1.